The summed E-state index contributed by atoms with van der Waals surface area (Å²) in [6.45, 7) is 13.2. The third-order valence-electron chi connectivity index (χ3n) is 6.09. The van der Waals surface area contributed by atoms with Crippen molar-refractivity contribution in [2.45, 2.75) is 46.1 Å². The highest BCUT2D eigenvalue weighted by molar-refractivity contribution is 5.85. The summed E-state index contributed by atoms with van der Waals surface area (Å²) in [5, 5.41) is 13.1. The number of rotatable bonds is 8. The minimum absolute atomic E-state index is 0.296. The molecule has 0 saturated carbocycles. The SMILES string of the molecule is C=C(CN(C)C1CCNC1)/N=C(\C)Cc1ccc(-c2cc(F)c(O)cc2CC)cc1C. The third-order valence-corrected chi connectivity index (χ3v) is 6.09. The van der Waals surface area contributed by atoms with Gasteiger partial charge in [-0.05, 0) is 80.2 Å². The minimum Gasteiger partial charge on any atom is -0.505 e. The highest BCUT2D eigenvalue weighted by atomic mass is 19.1. The van der Waals surface area contributed by atoms with Crippen molar-refractivity contribution in [1.82, 2.24) is 10.2 Å². The van der Waals surface area contributed by atoms with Gasteiger partial charge in [0.1, 0.15) is 0 Å². The van der Waals surface area contributed by atoms with E-state index in [9.17, 15) is 9.50 Å². The van der Waals surface area contributed by atoms with Crippen LogP contribution in [0.1, 0.15) is 37.0 Å². The Labute approximate surface area is 185 Å². The summed E-state index contributed by atoms with van der Waals surface area (Å²) in [6.07, 6.45) is 2.65. The van der Waals surface area contributed by atoms with Crippen molar-refractivity contribution in [2.75, 3.05) is 26.7 Å². The Kier molecular flexibility index (Phi) is 7.63. The van der Waals surface area contributed by atoms with E-state index in [1.165, 1.54) is 24.1 Å². The molecule has 1 fully saturated rings. The van der Waals surface area contributed by atoms with Crippen LogP contribution in [0.3, 0.4) is 0 Å². The van der Waals surface area contributed by atoms with E-state index < -0.39 is 5.82 Å². The average molecular weight is 424 g/mol. The van der Waals surface area contributed by atoms with Gasteiger partial charge in [-0.15, -0.1) is 0 Å². The summed E-state index contributed by atoms with van der Waals surface area (Å²) < 4.78 is 14.0. The lowest BCUT2D eigenvalue weighted by Crippen LogP contribution is -2.34. The van der Waals surface area contributed by atoms with Crippen LogP contribution >= 0.6 is 0 Å². The summed E-state index contributed by atoms with van der Waals surface area (Å²) >= 11 is 0. The lowest BCUT2D eigenvalue weighted by molar-refractivity contribution is 0.277. The molecule has 0 aliphatic carbocycles. The van der Waals surface area contributed by atoms with Crippen LogP contribution in [0.2, 0.25) is 0 Å². The maximum absolute atomic E-state index is 14.0. The Bertz CT molecular complexity index is 977. The van der Waals surface area contributed by atoms with Crippen LogP contribution in [0.5, 0.6) is 5.75 Å². The van der Waals surface area contributed by atoms with E-state index in [1.54, 1.807) is 0 Å². The van der Waals surface area contributed by atoms with Crippen molar-refractivity contribution in [3.8, 4) is 16.9 Å². The molecule has 0 spiro atoms. The monoisotopic (exact) mass is 423 g/mol. The van der Waals surface area contributed by atoms with E-state index in [4.69, 9.17) is 4.99 Å². The number of halogens is 1. The zero-order valence-corrected chi connectivity index (χ0v) is 19.1. The van der Waals surface area contributed by atoms with E-state index in [1.807, 2.05) is 19.9 Å². The van der Waals surface area contributed by atoms with Gasteiger partial charge in [0.05, 0.1) is 0 Å². The van der Waals surface area contributed by atoms with Crippen molar-refractivity contribution in [2.24, 2.45) is 4.99 Å². The van der Waals surface area contributed by atoms with E-state index in [0.29, 0.717) is 6.04 Å². The molecular weight excluding hydrogens is 389 g/mol. The first-order valence-electron chi connectivity index (χ1n) is 11.0. The Hall–Kier alpha value is -2.50. The largest absolute Gasteiger partial charge is 0.505 e. The van der Waals surface area contributed by atoms with E-state index >= 15 is 0 Å². The molecule has 3 rings (SSSR count). The predicted octanol–water partition coefficient (Wildman–Crippen LogP) is 4.88. The van der Waals surface area contributed by atoms with Gasteiger partial charge >= 0.3 is 0 Å². The molecule has 1 aliphatic rings. The van der Waals surface area contributed by atoms with Gasteiger partial charge in [-0.2, -0.15) is 0 Å². The van der Waals surface area contributed by atoms with E-state index in [2.05, 4.69) is 42.9 Å². The van der Waals surface area contributed by atoms with Crippen LogP contribution < -0.4 is 5.32 Å². The second-order valence-electron chi connectivity index (χ2n) is 8.61. The Morgan fingerprint density at radius 1 is 1.29 bits per heavy atom. The standard InChI is InChI=1S/C26H34FN3O/c1-6-20-13-26(31)25(27)14-24(20)22-8-7-21(17(2)11-22)12-18(3)29-19(4)16-30(5)23-9-10-28-15-23/h7-8,11,13-14,23,28,31H,4,6,9-10,12,15-16H2,1-3,5H3/b29-18+. The van der Waals surface area contributed by atoms with Crippen molar-refractivity contribution in [3.63, 3.8) is 0 Å². The summed E-state index contributed by atoms with van der Waals surface area (Å²) in [6, 6.07) is 9.71. The molecule has 0 bridgehead atoms. The van der Waals surface area contributed by atoms with Crippen molar-refractivity contribution < 1.29 is 9.50 Å². The molecule has 1 saturated heterocycles. The van der Waals surface area contributed by atoms with Crippen LogP contribution in [-0.2, 0) is 12.8 Å². The molecule has 0 amide bonds. The maximum Gasteiger partial charge on any atom is 0.165 e. The van der Waals surface area contributed by atoms with Gasteiger partial charge in [-0.1, -0.05) is 31.7 Å². The van der Waals surface area contributed by atoms with Crippen LogP contribution in [-0.4, -0.2) is 48.4 Å². The number of nitrogens with zero attached hydrogens (tertiary/aromatic N) is 2. The summed E-state index contributed by atoms with van der Waals surface area (Å²) in [5.74, 6) is -0.885. The highest BCUT2D eigenvalue weighted by Crippen LogP contribution is 2.31. The zero-order chi connectivity index (χ0) is 22.5. The number of likely N-dealkylation sites (N-methyl/N-ethyl adjacent to an activating group) is 1. The molecule has 0 radical (unpaired) electrons. The van der Waals surface area contributed by atoms with Crippen LogP contribution in [0, 0.1) is 12.7 Å². The number of phenols is 1. The topological polar surface area (TPSA) is 47.9 Å². The molecular formula is C26H34FN3O. The normalized spacial score (nSPS) is 16.8. The quantitative estimate of drug-likeness (QED) is 0.595. The number of aliphatic imine (C=N–C) groups is 1. The molecule has 1 unspecified atom stereocenters. The fraction of sp³-hybridized carbons (Fsp3) is 0.423. The number of nitrogens with one attached hydrogen (secondary N) is 1. The van der Waals surface area contributed by atoms with Crippen molar-refractivity contribution in [1.29, 1.82) is 0 Å². The third kappa shape index (κ3) is 5.81. The fourth-order valence-electron chi connectivity index (χ4n) is 4.28. The van der Waals surface area contributed by atoms with Crippen LogP contribution in [0.25, 0.3) is 11.1 Å². The molecule has 4 nitrogen and oxygen atoms in total. The number of phenolic OH excluding ortho intramolecular Hbond substituents is 1. The highest BCUT2D eigenvalue weighted by Gasteiger charge is 2.19. The molecule has 1 atom stereocenters. The van der Waals surface area contributed by atoms with Gasteiger partial charge in [0.2, 0.25) is 0 Å². The average Bonchev–Trinajstić information content (AvgIpc) is 3.26. The van der Waals surface area contributed by atoms with Gasteiger partial charge in [0, 0.05) is 37.0 Å². The molecule has 166 valence electrons. The number of aryl methyl sites for hydroxylation is 2. The lowest BCUT2D eigenvalue weighted by Gasteiger charge is -2.23. The number of aromatic hydroxyl groups is 1. The summed E-state index contributed by atoms with van der Waals surface area (Å²) in [4.78, 5) is 7.06. The molecule has 2 aromatic carbocycles. The molecule has 1 heterocycles. The lowest BCUT2D eigenvalue weighted by atomic mass is 9.93. The molecule has 2 N–H and O–H groups in total. The van der Waals surface area contributed by atoms with Gasteiger partial charge < -0.3 is 10.4 Å². The second-order valence-corrected chi connectivity index (χ2v) is 8.61. The predicted molar refractivity (Wildman–Crippen MR) is 127 cm³/mol. The Morgan fingerprint density at radius 3 is 2.71 bits per heavy atom. The van der Waals surface area contributed by atoms with Gasteiger partial charge in [0.25, 0.3) is 0 Å². The van der Waals surface area contributed by atoms with Crippen LogP contribution in [0.4, 0.5) is 4.39 Å². The molecule has 31 heavy (non-hydrogen) atoms. The summed E-state index contributed by atoms with van der Waals surface area (Å²) in [5.41, 5.74) is 6.97. The second kappa shape index (κ2) is 10.2. The fourth-order valence-corrected chi connectivity index (χ4v) is 4.28. The Morgan fingerprint density at radius 2 is 2.06 bits per heavy atom. The zero-order valence-electron chi connectivity index (χ0n) is 19.1. The van der Waals surface area contributed by atoms with Crippen molar-refractivity contribution in [3.05, 3.63) is 65.1 Å². The molecule has 0 aromatic heterocycles. The van der Waals surface area contributed by atoms with Crippen molar-refractivity contribution >= 4 is 5.71 Å². The van der Waals surface area contributed by atoms with Crippen LogP contribution in [0.15, 0.2) is 47.6 Å². The van der Waals surface area contributed by atoms with Gasteiger partial charge in [0.15, 0.2) is 11.6 Å². The molecule has 2 aromatic rings. The van der Waals surface area contributed by atoms with Gasteiger partial charge in [-0.25, -0.2) is 4.39 Å². The summed E-state index contributed by atoms with van der Waals surface area (Å²) in [7, 11) is 2.13. The first kappa shape index (κ1) is 23.2. The first-order chi connectivity index (χ1) is 14.8. The van der Waals surface area contributed by atoms with E-state index in [-0.39, 0.29) is 5.75 Å². The van der Waals surface area contributed by atoms with Gasteiger partial charge in [-0.3, -0.25) is 9.89 Å². The minimum atomic E-state index is -0.589. The molecule has 5 heteroatoms. The maximum atomic E-state index is 14.0. The smallest absolute Gasteiger partial charge is 0.165 e. The molecule has 1 aliphatic heterocycles. The first-order valence-corrected chi connectivity index (χ1v) is 11.0. The van der Waals surface area contributed by atoms with E-state index in [0.717, 1.165) is 66.1 Å². The number of hydrogen-bond acceptors (Lipinski definition) is 4. The number of hydrogen-bond donors (Lipinski definition) is 2. The number of benzene rings is 2. The Balaban J connectivity index is 1.71.